The lowest BCUT2D eigenvalue weighted by Gasteiger charge is -2.20. The van der Waals surface area contributed by atoms with Crippen molar-refractivity contribution in [2.75, 3.05) is 23.3 Å². The molecule has 0 atom stereocenters. The predicted molar refractivity (Wildman–Crippen MR) is 110 cm³/mol. The van der Waals surface area contributed by atoms with Gasteiger partial charge in [0.15, 0.2) is 0 Å². The summed E-state index contributed by atoms with van der Waals surface area (Å²) < 4.78 is 0. The van der Waals surface area contributed by atoms with Gasteiger partial charge in [-0.15, -0.1) is 0 Å². The first kappa shape index (κ1) is 20.6. The molecule has 0 radical (unpaired) electrons. The van der Waals surface area contributed by atoms with Crippen LogP contribution in [0.25, 0.3) is 6.08 Å². The van der Waals surface area contributed by atoms with E-state index < -0.39 is 10.8 Å². The second-order valence-electron chi connectivity index (χ2n) is 6.17. The van der Waals surface area contributed by atoms with Gasteiger partial charge in [-0.3, -0.25) is 14.9 Å². The van der Waals surface area contributed by atoms with E-state index in [2.05, 4.69) is 24.1 Å². The summed E-state index contributed by atoms with van der Waals surface area (Å²) in [6, 6.07) is 13.9. The maximum Gasteiger partial charge on any atom is 0.293 e. The molecule has 2 aromatic rings. The Kier molecular flexibility index (Phi) is 6.88. The summed E-state index contributed by atoms with van der Waals surface area (Å²) in [7, 11) is 0. The Bertz CT molecular complexity index is 939. The number of nitro benzene ring substituents is 1. The van der Waals surface area contributed by atoms with Crippen molar-refractivity contribution in [3.05, 3.63) is 69.3 Å². The Balaban J connectivity index is 2.25. The number of amides is 1. The fraction of sp³-hybridized carbons (Fsp3) is 0.238. The lowest BCUT2D eigenvalue weighted by Crippen LogP contribution is -2.21. The molecule has 2 aromatic carbocycles. The number of benzene rings is 2. The zero-order chi connectivity index (χ0) is 20.7. The minimum atomic E-state index is -0.692. The minimum absolute atomic E-state index is 0.0543. The van der Waals surface area contributed by atoms with Gasteiger partial charge in [-0.1, -0.05) is 18.2 Å². The van der Waals surface area contributed by atoms with Crippen LogP contribution in [-0.2, 0) is 4.79 Å². The zero-order valence-electron chi connectivity index (χ0n) is 16.1. The Hall–Kier alpha value is -3.66. The molecule has 0 aliphatic heterocycles. The first-order chi connectivity index (χ1) is 13.4. The molecule has 0 fully saturated rings. The Morgan fingerprint density at radius 1 is 1.21 bits per heavy atom. The van der Waals surface area contributed by atoms with Gasteiger partial charge in [0.25, 0.3) is 11.6 Å². The summed E-state index contributed by atoms with van der Waals surface area (Å²) in [4.78, 5) is 25.3. The van der Waals surface area contributed by atoms with Gasteiger partial charge in [0.2, 0.25) is 0 Å². The van der Waals surface area contributed by atoms with Crippen molar-refractivity contribution in [1.82, 2.24) is 0 Å². The van der Waals surface area contributed by atoms with Crippen LogP contribution >= 0.6 is 0 Å². The van der Waals surface area contributed by atoms with Crippen molar-refractivity contribution in [1.29, 1.82) is 5.26 Å². The second kappa shape index (κ2) is 9.33. The molecule has 28 heavy (non-hydrogen) atoms. The summed E-state index contributed by atoms with van der Waals surface area (Å²) >= 11 is 0. The largest absolute Gasteiger partial charge is 0.372 e. The summed E-state index contributed by atoms with van der Waals surface area (Å²) in [5.74, 6) is -0.692. The highest BCUT2D eigenvalue weighted by molar-refractivity contribution is 6.10. The Labute approximate surface area is 164 Å². The van der Waals surface area contributed by atoms with Crippen LogP contribution in [0.1, 0.15) is 25.0 Å². The van der Waals surface area contributed by atoms with Crippen molar-refractivity contribution in [2.45, 2.75) is 20.8 Å². The average molecular weight is 378 g/mol. The lowest BCUT2D eigenvalue weighted by atomic mass is 10.1. The maximum atomic E-state index is 12.4. The van der Waals surface area contributed by atoms with E-state index in [0.29, 0.717) is 11.1 Å². The predicted octanol–water partition coefficient (Wildman–Crippen LogP) is 4.30. The number of hydrogen-bond donors (Lipinski definition) is 1. The molecule has 7 heteroatoms. The fourth-order valence-corrected chi connectivity index (χ4v) is 2.77. The highest BCUT2D eigenvalue weighted by Gasteiger charge is 2.18. The number of aryl methyl sites for hydroxylation is 1. The van der Waals surface area contributed by atoms with Crippen molar-refractivity contribution in [3.63, 3.8) is 0 Å². The van der Waals surface area contributed by atoms with E-state index >= 15 is 0 Å². The summed E-state index contributed by atoms with van der Waals surface area (Å²) in [6.07, 6.45) is 1.46. The molecule has 0 aromatic heterocycles. The van der Waals surface area contributed by atoms with Crippen LogP contribution in [0.15, 0.2) is 48.0 Å². The van der Waals surface area contributed by atoms with Crippen molar-refractivity contribution >= 4 is 29.0 Å². The monoisotopic (exact) mass is 378 g/mol. The average Bonchev–Trinajstić information content (AvgIpc) is 2.69. The number of hydrogen-bond acceptors (Lipinski definition) is 5. The van der Waals surface area contributed by atoms with E-state index in [0.717, 1.165) is 18.8 Å². The quantitative estimate of drug-likeness (QED) is 0.335. The molecule has 1 amide bonds. The van der Waals surface area contributed by atoms with Gasteiger partial charge in [-0.25, -0.2) is 0 Å². The molecule has 0 aliphatic carbocycles. The SMILES string of the molecule is CCN(CC)c1ccc(C=C(C#N)C(=O)Nc2ccc(C)cc2[N+](=O)[O-])cc1. The molecule has 0 bridgehead atoms. The highest BCUT2D eigenvalue weighted by Crippen LogP contribution is 2.26. The van der Waals surface area contributed by atoms with E-state index in [4.69, 9.17) is 0 Å². The zero-order valence-corrected chi connectivity index (χ0v) is 16.1. The molecule has 1 N–H and O–H groups in total. The van der Waals surface area contributed by atoms with E-state index in [1.807, 2.05) is 30.3 Å². The molecule has 0 unspecified atom stereocenters. The molecular formula is C21H22N4O3. The number of nitrogens with zero attached hydrogens (tertiary/aromatic N) is 3. The van der Waals surface area contributed by atoms with Gasteiger partial charge >= 0.3 is 0 Å². The van der Waals surface area contributed by atoms with Crippen molar-refractivity contribution < 1.29 is 9.72 Å². The summed E-state index contributed by atoms with van der Waals surface area (Å²) in [5, 5.41) is 23.0. The van der Waals surface area contributed by atoms with Crippen LogP contribution in [0, 0.1) is 28.4 Å². The van der Waals surface area contributed by atoms with Crippen LogP contribution in [0.4, 0.5) is 17.1 Å². The Morgan fingerprint density at radius 3 is 2.39 bits per heavy atom. The molecule has 7 nitrogen and oxygen atoms in total. The number of carbonyl (C=O) groups excluding carboxylic acids is 1. The molecule has 0 heterocycles. The summed E-state index contributed by atoms with van der Waals surface area (Å²) in [6.45, 7) is 7.63. The van der Waals surface area contributed by atoms with E-state index in [-0.39, 0.29) is 16.9 Å². The Morgan fingerprint density at radius 2 is 1.86 bits per heavy atom. The fourth-order valence-electron chi connectivity index (χ4n) is 2.77. The van der Waals surface area contributed by atoms with E-state index in [9.17, 15) is 20.2 Å². The number of nitrogens with one attached hydrogen (secondary N) is 1. The van der Waals surface area contributed by atoms with E-state index in [1.54, 1.807) is 13.0 Å². The van der Waals surface area contributed by atoms with Crippen LogP contribution in [0.3, 0.4) is 0 Å². The van der Waals surface area contributed by atoms with Crippen LogP contribution in [-0.4, -0.2) is 23.9 Å². The van der Waals surface area contributed by atoms with Crippen LogP contribution in [0.2, 0.25) is 0 Å². The molecule has 0 saturated heterocycles. The second-order valence-corrected chi connectivity index (χ2v) is 6.17. The molecule has 0 aliphatic rings. The molecule has 0 saturated carbocycles. The number of nitriles is 1. The first-order valence-corrected chi connectivity index (χ1v) is 8.92. The first-order valence-electron chi connectivity index (χ1n) is 8.92. The molecular weight excluding hydrogens is 356 g/mol. The third-order valence-electron chi connectivity index (χ3n) is 4.30. The number of nitro groups is 1. The number of anilines is 2. The topological polar surface area (TPSA) is 99.3 Å². The van der Waals surface area contributed by atoms with Crippen molar-refractivity contribution in [3.8, 4) is 6.07 Å². The third-order valence-corrected chi connectivity index (χ3v) is 4.30. The lowest BCUT2D eigenvalue weighted by molar-refractivity contribution is -0.384. The van der Waals surface area contributed by atoms with Gasteiger partial charge < -0.3 is 10.2 Å². The molecule has 144 valence electrons. The standard InChI is InChI=1S/C21H22N4O3/c1-4-24(5-2)18-9-7-16(8-10-18)13-17(14-22)21(26)23-19-11-6-15(3)12-20(19)25(27)28/h6-13H,4-5H2,1-3H3,(H,23,26). The maximum absolute atomic E-state index is 12.4. The summed E-state index contributed by atoms with van der Waals surface area (Å²) in [5.41, 5.74) is 2.16. The third kappa shape index (κ3) is 4.95. The van der Waals surface area contributed by atoms with Gasteiger partial charge in [0.05, 0.1) is 4.92 Å². The van der Waals surface area contributed by atoms with Gasteiger partial charge in [-0.05, 0) is 56.2 Å². The van der Waals surface area contributed by atoms with Gasteiger partial charge in [0, 0.05) is 24.8 Å². The van der Waals surface area contributed by atoms with E-state index in [1.165, 1.54) is 18.2 Å². The normalized spacial score (nSPS) is 10.9. The van der Waals surface area contributed by atoms with Crippen LogP contribution in [0.5, 0.6) is 0 Å². The number of carbonyl (C=O) groups is 1. The molecule has 0 spiro atoms. The van der Waals surface area contributed by atoms with Gasteiger partial charge in [-0.2, -0.15) is 5.26 Å². The van der Waals surface area contributed by atoms with Crippen molar-refractivity contribution in [2.24, 2.45) is 0 Å². The van der Waals surface area contributed by atoms with Gasteiger partial charge in [0.1, 0.15) is 17.3 Å². The molecule has 2 rings (SSSR count). The van der Waals surface area contributed by atoms with Crippen LogP contribution < -0.4 is 10.2 Å². The highest BCUT2D eigenvalue weighted by atomic mass is 16.6. The minimum Gasteiger partial charge on any atom is -0.372 e. The number of rotatable bonds is 7. The smallest absolute Gasteiger partial charge is 0.293 e.